The number of rotatable bonds is 4. The van der Waals surface area contributed by atoms with Gasteiger partial charge in [0.15, 0.2) is 5.69 Å². The van der Waals surface area contributed by atoms with Crippen LogP contribution in [0.1, 0.15) is 35.5 Å². The summed E-state index contributed by atoms with van der Waals surface area (Å²) in [6.07, 6.45) is 1.46. The first-order valence-electron chi connectivity index (χ1n) is 8.81. The van der Waals surface area contributed by atoms with Crippen molar-refractivity contribution < 1.29 is 14.3 Å². The number of aromatic nitrogens is 1. The molecule has 0 bridgehead atoms. The van der Waals surface area contributed by atoms with Gasteiger partial charge in [-0.1, -0.05) is 12.1 Å². The number of aryl methyl sites for hydroxylation is 1. The maximum Gasteiger partial charge on any atom is 0.355 e. The lowest BCUT2D eigenvalue weighted by molar-refractivity contribution is 0.0691. The predicted octanol–water partition coefficient (Wildman–Crippen LogP) is 3.08. The number of hydrogen-bond donors (Lipinski definition) is 2. The molecule has 2 aromatic rings. The van der Waals surface area contributed by atoms with E-state index in [2.05, 4.69) is 29.0 Å². The van der Waals surface area contributed by atoms with Gasteiger partial charge in [-0.3, -0.25) is 4.90 Å². The fourth-order valence-electron chi connectivity index (χ4n) is 3.73. The minimum Gasteiger partial charge on any atom is -0.476 e. The highest BCUT2D eigenvalue weighted by molar-refractivity contribution is 5.94. The third-order valence-corrected chi connectivity index (χ3v) is 4.73. The zero-order valence-corrected chi connectivity index (χ0v) is 15.3. The van der Waals surface area contributed by atoms with E-state index >= 15 is 0 Å². The van der Waals surface area contributed by atoms with Crippen LogP contribution >= 0.6 is 0 Å². The number of pyridine rings is 1. The van der Waals surface area contributed by atoms with Gasteiger partial charge >= 0.3 is 5.97 Å². The van der Waals surface area contributed by atoms with Crippen LogP contribution in [0.5, 0.6) is 0 Å². The molecular formula is C20H24FN3O2. The molecule has 3 rings (SSSR count). The van der Waals surface area contributed by atoms with Gasteiger partial charge in [-0.25, -0.2) is 14.2 Å². The zero-order chi connectivity index (χ0) is 18.8. The molecule has 0 unspecified atom stereocenters. The summed E-state index contributed by atoms with van der Waals surface area (Å²) >= 11 is 0. The van der Waals surface area contributed by atoms with E-state index in [1.54, 1.807) is 25.1 Å². The van der Waals surface area contributed by atoms with E-state index < -0.39 is 5.97 Å². The maximum absolute atomic E-state index is 14.7. The van der Waals surface area contributed by atoms with Crippen molar-refractivity contribution in [2.24, 2.45) is 0 Å². The van der Waals surface area contributed by atoms with E-state index in [-0.39, 0.29) is 11.5 Å². The van der Waals surface area contributed by atoms with Crippen LogP contribution in [0.15, 0.2) is 30.5 Å². The van der Waals surface area contributed by atoms with E-state index in [1.807, 2.05) is 0 Å². The second-order valence-corrected chi connectivity index (χ2v) is 7.13. The maximum atomic E-state index is 14.7. The number of nitrogens with zero attached hydrogens (tertiary/aromatic N) is 2. The number of halogens is 1. The molecular weight excluding hydrogens is 333 g/mol. The minimum atomic E-state index is -1.11. The van der Waals surface area contributed by atoms with Crippen LogP contribution in [0.3, 0.4) is 0 Å². The number of carbonyl (C=O) groups is 1. The fourth-order valence-corrected chi connectivity index (χ4v) is 3.73. The molecule has 1 aliphatic heterocycles. The van der Waals surface area contributed by atoms with Crippen LogP contribution in [0.25, 0.3) is 11.1 Å². The Labute approximate surface area is 152 Å². The Morgan fingerprint density at radius 2 is 2.00 bits per heavy atom. The molecule has 26 heavy (non-hydrogen) atoms. The predicted molar refractivity (Wildman–Crippen MR) is 98.7 cm³/mol. The summed E-state index contributed by atoms with van der Waals surface area (Å²) in [4.78, 5) is 17.6. The van der Waals surface area contributed by atoms with Crippen LogP contribution in [0.2, 0.25) is 0 Å². The van der Waals surface area contributed by atoms with Gasteiger partial charge in [0.1, 0.15) is 5.82 Å². The molecule has 0 aliphatic carbocycles. The van der Waals surface area contributed by atoms with Gasteiger partial charge in [0.05, 0.1) is 0 Å². The molecule has 0 radical (unpaired) electrons. The lowest BCUT2D eigenvalue weighted by atomic mass is 9.97. The third-order valence-electron chi connectivity index (χ3n) is 4.73. The van der Waals surface area contributed by atoms with Gasteiger partial charge < -0.3 is 10.4 Å². The Kier molecular flexibility index (Phi) is 5.34. The fraction of sp³-hybridized carbons (Fsp3) is 0.400. The molecule has 0 amide bonds. The molecule has 2 heterocycles. The molecule has 1 aromatic carbocycles. The van der Waals surface area contributed by atoms with E-state index in [1.165, 1.54) is 12.3 Å². The molecule has 1 saturated heterocycles. The monoisotopic (exact) mass is 357 g/mol. The van der Waals surface area contributed by atoms with Crippen molar-refractivity contribution in [3.8, 4) is 11.1 Å². The molecule has 6 heteroatoms. The number of hydrogen-bond acceptors (Lipinski definition) is 4. The summed E-state index contributed by atoms with van der Waals surface area (Å²) in [5.41, 5.74) is 2.33. The first-order chi connectivity index (χ1) is 12.3. The van der Waals surface area contributed by atoms with E-state index in [9.17, 15) is 14.3 Å². The Bertz CT molecular complexity index is 815. The van der Waals surface area contributed by atoms with Crippen molar-refractivity contribution in [2.75, 3.05) is 13.1 Å². The average molecular weight is 357 g/mol. The lowest BCUT2D eigenvalue weighted by Crippen LogP contribution is -2.53. The standard InChI is InChI=1S/C20H24FN3O2/c1-12-6-7-22-19(20(25)26)18(12)15-4-5-16(17(21)8-15)11-24-9-13(2)23-14(3)10-24/h4-8,13-14,23H,9-11H2,1-3H3,(H,25,26)/t13-,14+. The second kappa shape index (κ2) is 7.51. The molecule has 138 valence electrons. The topological polar surface area (TPSA) is 65.5 Å². The van der Waals surface area contributed by atoms with Crippen molar-refractivity contribution in [3.63, 3.8) is 0 Å². The van der Waals surface area contributed by atoms with Crippen molar-refractivity contribution in [1.82, 2.24) is 15.2 Å². The van der Waals surface area contributed by atoms with Crippen LogP contribution < -0.4 is 5.32 Å². The summed E-state index contributed by atoms with van der Waals surface area (Å²) in [5.74, 6) is -1.43. The quantitative estimate of drug-likeness (QED) is 0.880. The summed E-state index contributed by atoms with van der Waals surface area (Å²) in [6, 6.07) is 7.43. The number of aromatic carboxylic acids is 1. The van der Waals surface area contributed by atoms with Crippen LogP contribution in [-0.4, -0.2) is 46.1 Å². The van der Waals surface area contributed by atoms with E-state index in [4.69, 9.17) is 0 Å². The number of carboxylic acid groups (broad SMARTS) is 1. The molecule has 1 aromatic heterocycles. The normalized spacial score (nSPS) is 20.9. The lowest BCUT2D eigenvalue weighted by Gasteiger charge is -2.36. The van der Waals surface area contributed by atoms with Crippen molar-refractivity contribution >= 4 is 5.97 Å². The molecule has 1 aliphatic rings. The Balaban J connectivity index is 1.88. The summed E-state index contributed by atoms with van der Waals surface area (Å²) in [7, 11) is 0. The van der Waals surface area contributed by atoms with Gasteiger partial charge in [0, 0.05) is 49.0 Å². The zero-order valence-electron chi connectivity index (χ0n) is 15.3. The first-order valence-corrected chi connectivity index (χ1v) is 8.81. The second-order valence-electron chi connectivity index (χ2n) is 7.13. The van der Waals surface area contributed by atoms with Crippen molar-refractivity contribution in [3.05, 3.63) is 53.1 Å². The van der Waals surface area contributed by atoms with Crippen molar-refractivity contribution in [1.29, 1.82) is 0 Å². The van der Waals surface area contributed by atoms with Gasteiger partial charge in [-0.2, -0.15) is 0 Å². The molecule has 5 nitrogen and oxygen atoms in total. The minimum absolute atomic E-state index is 0.0538. The average Bonchev–Trinajstić information content (AvgIpc) is 2.55. The molecule has 2 N–H and O–H groups in total. The highest BCUT2D eigenvalue weighted by Crippen LogP contribution is 2.28. The number of benzene rings is 1. The highest BCUT2D eigenvalue weighted by atomic mass is 19.1. The SMILES string of the molecule is Cc1ccnc(C(=O)O)c1-c1ccc(CN2C[C@@H](C)N[C@@H](C)C2)c(F)c1. The van der Waals surface area contributed by atoms with E-state index in [0.717, 1.165) is 18.7 Å². The Hall–Kier alpha value is -2.31. The van der Waals surface area contributed by atoms with Gasteiger partial charge in [-0.15, -0.1) is 0 Å². The van der Waals surface area contributed by atoms with Crippen LogP contribution in [0, 0.1) is 12.7 Å². The summed E-state index contributed by atoms with van der Waals surface area (Å²) < 4.78 is 14.7. The number of nitrogens with one attached hydrogen (secondary N) is 1. The molecule has 2 atom stereocenters. The Morgan fingerprint density at radius 3 is 2.62 bits per heavy atom. The Morgan fingerprint density at radius 1 is 1.31 bits per heavy atom. The summed E-state index contributed by atoms with van der Waals surface area (Å²) in [6.45, 7) is 8.34. The van der Waals surface area contributed by atoms with Gasteiger partial charge in [0.25, 0.3) is 0 Å². The molecule has 1 fully saturated rings. The molecule has 0 spiro atoms. The van der Waals surface area contributed by atoms with Crippen LogP contribution in [-0.2, 0) is 6.54 Å². The van der Waals surface area contributed by atoms with Gasteiger partial charge in [0.2, 0.25) is 0 Å². The highest BCUT2D eigenvalue weighted by Gasteiger charge is 2.22. The first kappa shape index (κ1) is 18.5. The number of piperazine rings is 1. The largest absolute Gasteiger partial charge is 0.476 e. The van der Waals surface area contributed by atoms with E-state index in [0.29, 0.717) is 35.3 Å². The van der Waals surface area contributed by atoms with Crippen molar-refractivity contribution in [2.45, 2.75) is 39.4 Å². The number of carboxylic acids is 1. The van der Waals surface area contributed by atoms with Crippen LogP contribution in [0.4, 0.5) is 4.39 Å². The summed E-state index contributed by atoms with van der Waals surface area (Å²) in [5, 5.41) is 12.8. The smallest absolute Gasteiger partial charge is 0.355 e. The third kappa shape index (κ3) is 3.92. The molecule has 0 saturated carbocycles. The van der Waals surface area contributed by atoms with Gasteiger partial charge in [-0.05, 0) is 44.0 Å².